The first-order chi connectivity index (χ1) is 7.18. The third kappa shape index (κ3) is 2.43. The molecule has 1 aliphatic carbocycles. The van der Waals surface area contributed by atoms with Gasteiger partial charge in [0.25, 0.3) is 0 Å². The van der Waals surface area contributed by atoms with E-state index in [-0.39, 0.29) is 0 Å². The average Bonchev–Trinajstić information content (AvgIpc) is 2.71. The van der Waals surface area contributed by atoms with E-state index in [0.29, 0.717) is 12.0 Å². The normalized spacial score (nSPS) is 32.1. The topological polar surface area (TPSA) is 26.0 Å². The molecule has 3 atom stereocenters. The van der Waals surface area contributed by atoms with Crippen molar-refractivity contribution in [3.05, 3.63) is 22.4 Å². The summed E-state index contributed by atoms with van der Waals surface area (Å²) in [6, 6.07) is 4.78. The highest BCUT2D eigenvalue weighted by Gasteiger charge is 2.30. The molecular weight excluding hydrogens is 202 g/mol. The minimum atomic E-state index is 0.388. The number of rotatable bonds is 2. The molecule has 1 fully saturated rings. The van der Waals surface area contributed by atoms with Crippen LogP contribution < -0.4 is 5.73 Å². The van der Waals surface area contributed by atoms with Crippen LogP contribution in [-0.2, 0) is 0 Å². The van der Waals surface area contributed by atoms with E-state index in [9.17, 15) is 0 Å². The zero-order valence-electron chi connectivity index (χ0n) is 9.65. The van der Waals surface area contributed by atoms with E-state index >= 15 is 0 Å². The lowest BCUT2D eigenvalue weighted by molar-refractivity contribution is 0.234. The summed E-state index contributed by atoms with van der Waals surface area (Å²) < 4.78 is 0. The molecule has 2 rings (SSSR count). The van der Waals surface area contributed by atoms with Gasteiger partial charge in [0.2, 0.25) is 0 Å². The Bertz CT molecular complexity index is 291. The summed E-state index contributed by atoms with van der Waals surface area (Å²) >= 11 is 1.87. The Morgan fingerprint density at radius 3 is 2.80 bits per heavy atom. The molecule has 1 aromatic rings. The van der Waals surface area contributed by atoms with Gasteiger partial charge in [-0.25, -0.2) is 0 Å². The first-order valence-electron chi connectivity index (χ1n) is 5.97. The third-order valence-electron chi connectivity index (χ3n) is 3.80. The predicted molar refractivity (Wildman–Crippen MR) is 67.2 cm³/mol. The minimum absolute atomic E-state index is 0.388. The summed E-state index contributed by atoms with van der Waals surface area (Å²) in [6.07, 6.45) is 3.81. The van der Waals surface area contributed by atoms with Crippen molar-refractivity contribution < 1.29 is 0 Å². The van der Waals surface area contributed by atoms with Crippen LogP contribution in [0.1, 0.15) is 43.9 Å². The summed E-state index contributed by atoms with van der Waals surface area (Å²) in [4.78, 5) is 1.49. The molecule has 0 aliphatic heterocycles. The second-order valence-corrected chi connectivity index (χ2v) is 6.08. The summed E-state index contributed by atoms with van der Waals surface area (Å²) in [6.45, 7) is 4.68. The number of hydrogen-bond donors (Lipinski definition) is 1. The van der Waals surface area contributed by atoms with Gasteiger partial charge in [0.1, 0.15) is 0 Å². The molecule has 1 heterocycles. The Hall–Kier alpha value is -0.340. The Kier molecular flexibility index (Phi) is 3.47. The largest absolute Gasteiger partial charge is 0.327 e. The zero-order chi connectivity index (χ0) is 10.8. The van der Waals surface area contributed by atoms with E-state index in [4.69, 9.17) is 5.73 Å². The molecular formula is C13H21NS. The molecule has 1 aromatic heterocycles. The van der Waals surface area contributed by atoms with Crippen LogP contribution >= 0.6 is 11.3 Å². The summed E-state index contributed by atoms with van der Waals surface area (Å²) in [5.74, 6) is 2.29. The van der Waals surface area contributed by atoms with Gasteiger partial charge in [-0.1, -0.05) is 19.9 Å². The van der Waals surface area contributed by atoms with Crippen molar-refractivity contribution in [2.24, 2.45) is 17.6 Å². The van der Waals surface area contributed by atoms with Crippen LogP contribution in [0, 0.1) is 11.8 Å². The predicted octanol–water partition coefficient (Wildman–Crippen LogP) is 3.62. The summed E-state index contributed by atoms with van der Waals surface area (Å²) in [7, 11) is 0. The number of nitrogens with two attached hydrogens (primary N) is 1. The van der Waals surface area contributed by atoms with E-state index in [1.165, 1.54) is 24.1 Å². The summed E-state index contributed by atoms with van der Waals surface area (Å²) in [5, 5.41) is 2.17. The van der Waals surface area contributed by atoms with E-state index < -0.39 is 0 Å². The van der Waals surface area contributed by atoms with Crippen LogP contribution in [-0.4, -0.2) is 6.04 Å². The van der Waals surface area contributed by atoms with Crippen molar-refractivity contribution in [2.75, 3.05) is 0 Å². The monoisotopic (exact) mass is 223 g/mol. The van der Waals surface area contributed by atoms with Gasteiger partial charge in [0.05, 0.1) is 0 Å². The molecule has 15 heavy (non-hydrogen) atoms. The van der Waals surface area contributed by atoms with Crippen molar-refractivity contribution in [1.29, 1.82) is 0 Å². The first kappa shape index (κ1) is 11.2. The van der Waals surface area contributed by atoms with Crippen molar-refractivity contribution in [3.8, 4) is 0 Å². The lowest BCUT2D eigenvalue weighted by Crippen LogP contribution is -2.35. The molecule has 0 radical (unpaired) electrons. The lowest BCUT2D eigenvalue weighted by atomic mass is 9.73. The van der Waals surface area contributed by atoms with Crippen LogP contribution in [0.3, 0.4) is 0 Å². The van der Waals surface area contributed by atoms with Gasteiger partial charge in [0, 0.05) is 16.8 Å². The van der Waals surface area contributed by atoms with Crippen LogP contribution in [0.2, 0.25) is 0 Å². The molecule has 0 saturated heterocycles. The van der Waals surface area contributed by atoms with Crippen LogP contribution in [0.15, 0.2) is 17.5 Å². The molecule has 3 unspecified atom stereocenters. The first-order valence-corrected chi connectivity index (χ1v) is 6.85. The molecule has 1 saturated carbocycles. The van der Waals surface area contributed by atoms with Gasteiger partial charge in [0.15, 0.2) is 0 Å². The SMILES string of the molecule is CC(C)C1CCC(N)C(c2cccs2)C1. The maximum atomic E-state index is 6.24. The molecule has 2 N–H and O–H groups in total. The molecule has 0 spiro atoms. The fourth-order valence-electron chi connectivity index (χ4n) is 2.66. The molecule has 0 aromatic carbocycles. The molecule has 0 bridgehead atoms. The average molecular weight is 223 g/mol. The number of hydrogen-bond acceptors (Lipinski definition) is 2. The second-order valence-electron chi connectivity index (χ2n) is 5.10. The van der Waals surface area contributed by atoms with Gasteiger partial charge in [-0.05, 0) is 42.5 Å². The maximum Gasteiger partial charge on any atom is 0.0116 e. The van der Waals surface area contributed by atoms with Crippen LogP contribution in [0.5, 0.6) is 0 Å². The van der Waals surface area contributed by atoms with Gasteiger partial charge in [-0.3, -0.25) is 0 Å². The lowest BCUT2D eigenvalue weighted by Gasteiger charge is -2.35. The van der Waals surface area contributed by atoms with Gasteiger partial charge >= 0.3 is 0 Å². The molecule has 2 heteroatoms. The fourth-order valence-corrected chi connectivity index (χ4v) is 3.58. The van der Waals surface area contributed by atoms with E-state index in [2.05, 4.69) is 31.4 Å². The number of thiophene rings is 1. The van der Waals surface area contributed by atoms with E-state index in [1.807, 2.05) is 11.3 Å². The molecule has 1 nitrogen and oxygen atoms in total. The zero-order valence-corrected chi connectivity index (χ0v) is 10.5. The van der Waals surface area contributed by atoms with Crippen LogP contribution in [0.4, 0.5) is 0 Å². The third-order valence-corrected chi connectivity index (χ3v) is 4.80. The van der Waals surface area contributed by atoms with Crippen molar-refractivity contribution in [3.63, 3.8) is 0 Å². The van der Waals surface area contributed by atoms with Crippen molar-refractivity contribution >= 4 is 11.3 Å². The smallest absolute Gasteiger partial charge is 0.0116 e. The van der Waals surface area contributed by atoms with Gasteiger partial charge in [-0.2, -0.15) is 0 Å². The maximum absolute atomic E-state index is 6.24. The Labute approximate surface area is 96.7 Å². The van der Waals surface area contributed by atoms with E-state index in [0.717, 1.165) is 11.8 Å². The van der Waals surface area contributed by atoms with E-state index in [1.54, 1.807) is 0 Å². The van der Waals surface area contributed by atoms with Gasteiger partial charge in [-0.15, -0.1) is 11.3 Å². The molecule has 1 aliphatic rings. The Balaban J connectivity index is 2.09. The van der Waals surface area contributed by atoms with Crippen LogP contribution in [0.25, 0.3) is 0 Å². The highest BCUT2D eigenvalue weighted by atomic mass is 32.1. The van der Waals surface area contributed by atoms with Crippen molar-refractivity contribution in [2.45, 2.75) is 45.1 Å². The highest BCUT2D eigenvalue weighted by molar-refractivity contribution is 7.10. The highest BCUT2D eigenvalue weighted by Crippen LogP contribution is 2.40. The summed E-state index contributed by atoms with van der Waals surface area (Å²) in [5.41, 5.74) is 6.24. The van der Waals surface area contributed by atoms with Crippen molar-refractivity contribution in [1.82, 2.24) is 0 Å². The standard InChI is InChI=1S/C13H21NS/c1-9(2)10-5-6-12(14)11(8-10)13-4-3-7-15-13/h3-4,7,9-12H,5-6,8,14H2,1-2H3. The quantitative estimate of drug-likeness (QED) is 0.814. The fraction of sp³-hybridized carbons (Fsp3) is 0.692. The second kappa shape index (κ2) is 4.67. The Morgan fingerprint density at radius 2 is 2.20 bits per heavy atom. The van der Waals surface area contributed by atoms with Gasteiger partial charge < -0.3 is 5.73 Å². The Morgan fingerprint density at radius 1 is 1.40 bits per heavy atom. The molecule has 84 valence electrons. The minimum Gasteiger partial charge on any atom is -0.327 e. The molecule has 0 amide bonds.